The number of ether oxygens (including phenoxy) is 3. The van der Waals surface area contributed by atoms with Gasteiger partial charge in [0.2, 0.25) is 15.9 Å². The fourth-order valence-corrected chi connectivity index (χ4v) is 4.52. The molecule has 12 heteroatoms. The SMILES string of the molecule is COc1ccc([N+](=O)[O-])cc1N(CCCC(=O)N[C@H](C)c1ccc2c(c1)OCCO2)S(C)(=O)=O. The average molecular weight is 494 g/mol. The molecule has 0 aromatic heterocycles. The molecular weight excluding hydrogens is 466 g/mol. The van der Waals surface area contributed by atoms with Crippen LogP contribution < -0.4 is 23.8 Å². The number of anilines is 1. The molecule has 1 N–H and O–H groups in total. The summed E-state index contributed by atoms with van der Waals surface area (Å²) in [6.45, 7) is 2.73. The highest BCUT2D eigenvalue weighted by Gasteiger charge is 2.24. The summed E-state index contributed by atoms with van der Waals surface area (Å²) in [5, 5.41) is 14.0. The lowest BCUT2D eigenvalue weighted by atomic mass is 10.1. The number of carbonyl (C=O) groups excluding carboxylic acids is 1. The first-order valence-corrected chi connectivity index (χ1v) is 12.4. The highest BCUT2D eigenvalue weighted by atomic mass is 32.2. The summed E-state index contributed by atoms with van der Waals surface area (Å²) in [5.74, 6) is 1.19. The van der Waals surface area contributed by atoms with Crippen LogP contribution in [0.2, 0.25) is 0 Å². The van der Waals surface area contributed by atoms with Crippen LogP contribution in [0.5, 0.6) is 17.2 Å². The van der Waals surface area contributed by atoms with E-state index >= 15 is 0 Å². The molecule has 0 fully saturated rings. The summed E-state index contributed by atoms with van der Waals surface area (Å²) in [4.78, 5) is 23.0. The van der Waals surface area contributed by atoms with E-state index in [0.717, 1.165) is 22.2 Å². The summed E-state index contributed by atoms with van der Waals surface area (Å²) < 4.78 is 42.1. The molecule has 0 spiro atoms. The van der Waals surface area contributed by atoms with E-state index in [0.29, 0.717) is 24.7 Å². The maximum Gasteiger partial charge on any atom is 0.271 e. The minimum Gasteiger partial charge on any atom is -0.495 e. The molecule has 3 rings (SSSR count). The second kappa shape index (κ2) is 10.6. The van der Waals surface area contributed by atoms with Crippen LogP contribution in [0.15, 0.2) is 36.4 Å². The van der Waals surface area contributed by atoms with Crippen molar-refractivity contribution in [1.29, 1.82) is 0 Å². The van der Waals surface area contributed by atoms with Crippen LogP contribution in [0.3, 0.4) is 0 Å². The molecule has 1 aliphatic heterocycles. The van der Waals surface area contributed by atoms with Crippen molar-refractivity contribution in [3.63, 3.8) is 0 Å². The van der Waals surface area contributed by atoms with Crippen LogP contribution in [0.1, 0.15) is 31.4 Å². The molecule has 0 unspecified atom stereocenters. The molecule has 0 radical (unpaired) electrons. The normalized spacial score (nSPS) is 13.6. The van der Waals surface area contributed by atoms with Gasteiger partial charge in [-0.25, -0.2) is 8.42 Å². The Bertz CT molecular complexity index is 1170. The number of fused-ring (bicyclic) bond motifs is 1. The van der Waals surface area contributed by atoms with Crippen molar-refractivity contribution in [1.82, 2.24) is 5.32 Å². The van der Waals surface area contributed by atoms with Gasteiger partial charge in [-0.1, -0.05) is 6.07 Å². The highest BCUT2D eigenvalue weighted by molar-refractivity contribution is 7.92. The summed E-state index contributed by atoms with van der Waals surface area (Å²) in [5.41, 5.74) is 0.622. The fraction of sp³-hybridized carbons (Fsp3) is 0.409. The summed E-state index contributed by atoms with van der Waals surface area (Å²) in [7, 11) is -2.45. The monoisotopic (exact) mass is 493 g/mol. The Kier molecular flexibility index (Phi) is 7.82. The summed E-state index contributed by atoms with van der Waals surface area (Å²) >= 11 is 0. The van der Waals surface area contributed by atoms with E-state index in [1.54, 1.807) is 6.07 Å². The molecule has 0 saturated heterocycles. The number of amides is 1. The van der Waals surface area contributed by atoms with Gasteiger partial charge in [-0.15, -0.1) is 0 Å². The fourth-order valence-electron chi connectivity index (χ4n) is 3.56. The van der Waals surface area contributed by atoms with Gasteiger partial charge in [-0.05, 0) is 37.1 Å². The maximum atomic E-state index is 12.5. The van der Waals surface area contributed by atoms with Crippen LogP contribution in [-0.4, -0.2) is 52.4 Å². The van der Waals surface area contributed by atoms with Gasteiger partial charge in [0.05, 0.1) is 24.3 Å². The molecule has 2 aromatic rings. The van der Waals surface area contributed by atoms with E-state index in [4.69, 9.17) is 14.2 Å². The number of hydrogen-bond donors (Lipinski definition) is 1. The summed E-state index contributed by atoms with van der Waals surface area (Å²) in [6.07, 6.45) is 1.24. The number of benzene rings is 2. The van der Waals surface area contributed by atoms with Crippen molar-refractivity contribution >= 4 is 27.3 Å². The molecule has 11 nitrogen and oxygen atoms in total. The minimum absolute atomic E-state index is 0.0456. The molecule has 1 atom stereocenters. The average Bonchev–Trinajstić information content (AvgIpc) is 2.80. The van der Waals surface area contributed by atoms with Crippen molar-refractivity contribution in [3.8, 4) is 17.2 Å². The zero-order valence-electron chi connectivity index (χ0n) is 19.1. The Morgan fingerprint density at radius 1 is 1.21 bits per heavy atom. The number of sulfonamides is 1. The molecule has 184 valence electrons. The summed E-state index contributed by atoms with van der Waals surface area (Å²) in [6, 6.07) is 8.87. The van der Waals surface area contributed by atoms with Crippen LogP contribution in [0, 0.1) is 10.1 Å². The number of hydrogen-bond acceptors (Lipinski definition) is 8. The van der Waals surface area contributed by atoms with Gasteiger partial charge >= 0.3 is 0 Å². The topological polar surface area (TPSA) is 137 Å². The number of nitro groups is 1. The first-order chi connectivity index (χ1) is 16.1. The maximum absolute atomic E-state index is 12.5. The number of methoxy groups -OCH3 is 1. The first kappa shape index (κ1) is 25.1. The van der Waals surface area contributed by atoms with Gasteiger partial charge in [0, 0.05) is 25.1 Å². The zero-order chi connectivity index (χ0) is 24.9. The standard InChI is InChI=1S/C22H27N3O8S/c1-15(16-6-8-20-21(13-16)33-12-11-32-20)23-22(26)5-4-10-24(34(3,29)30)18-14-17(25(27)28)7-9-19(18)31-2/h6-9,13-15H,4-5,10-12H2,1-3H3,(H,23,26)/t15-/m1/s1. The van der Waals surface area contributed by atoms with E-state index in [1.807, 2.05) is 19.1 Å². The van der Waals surface area contributed by atoms with Gasteiger partial charge in [-0.2, -0.15) is 0 Å². The largest absolute Gasteiger partial charge is 0.495 e. The van der Waals surface area contributed by atoms with Gasteiger partial charge in [0.25, 0.3) is 5.69 Å². The Morgan fingerprint density at radius 2 is 1.91 bits per heavy atom. The van der Waals surface area contributed by atoms with E-state index in [9.17, 15) is 23.3 Å². The molecule has 0 aliphatic carbocycles. The zero-order valence-corrected chi connectivity index (χ0v) is 20.0. The predicted molar refractivity (Wildman–Crippen MR) is 125 cm³/mol. The van der Waals surface area contributed by atoms with E-state index in [1.165, 1.54) is 19.2 Å². The molecule has 0 saturated carbocycles. The number of nitro benzene ring substituents is 1. The minimum atomic E-state index is -3.79. The quantitative estimate of drug-likeness (QED) is 0.394. The third-order valence-electron chi connectivity index (χ3n) is 5.25. The Labute approximate surface area is 197 Å². The molecule has 0 bridgehead atoms. The van der Waals surface area contributed by atoms with Gasteiger partial charge in [-0.3, -0.25) is 19.2 Å². The van der Waals surface area contributed by atoms with Crippen molar-refractivity contribution in [2.24, 2.45) is 0 Å². The Morgan fingerprint density at radius 3 is 2.56 bits per heavy atom. The third kappa shape index (κ3) is 6.07. The van der Waals surface area contributed by atoms with Gasteiger partial charge < -0.3 is 19.5 Å². The highest BCUT2D eigenvalue weighted by Crippen LogP contribution is 2.34. The second-order valence-electron chi connectivity index (χ2n) is 7.74. The lowest BCUT2D eigenvalue weighted by Gasteiger charge is -2.24. The van der Waals surface area contributed by atoms with E-state index in [2.05, 4.69) is 5.32 Å². The van der Waals surface area contributed by atoms with Crippen molar-refractivity contribution in [2.45, 2.75) is 25.8 Å². The van der Waals surface area contributed by atoms with Crippen LogP contribution in [0.4, 0.5) is 11.4 Å². The van der Waals surface area contributed by atoms with E-state index in [-0.39, 0.29) is 48.5 Å². The second-order valence-corrected chi connectivity index (χ2v) is 9.65. The smallest absolute Gasteiger partial charge is 0.271 e. The van der Waals surface area contributed by atoms with Crippen LogP contribution in [-0.2, 0) is 14.8 Å². The number of nitrogens with one attached hydrogen (secondary N) is 1. The molecule has 1 aliphatic rings. The number of nitrogens with zero attached hydrogens (tertiary/aromatic N) is 2. The van der Waals surface area contributed by atoms with Gasteiger partial charge in [0.1, 0.15) is 24.7 Å². The molecule has 1 heterocycles. The van der Waals surface area contributed by atoms with Crippen LogP contribution in [0.25, 0.3) is 0 Å². The molecule has 2 aromatic carbocycles. The Hall–Kier alpha value is -3.54. The molecule has 34 heavy (non-hydrogen) atoms. The Balaban J connectivity index is 1.64. The third-order valence-corrected chi connectivity index (χ3v) is 6.43. The van der Waals surface area contributed by atoms with Crippen molar-refractivity contribution < 1.29 is 32.3 Å². The lowest BCUT2D eigenvalue weighted by Crippen LogP contribution is -2.33. The number of non-ortho nitro benzene ring substituents is 1. The number of rotatable bonds is 10. The predicted octanol–water partition coefficient (Wildman–Crippen LogP) is 2.80. The van der Waals surface area contributed by atoms with Crippen molar-refractivity contribution in [3.05, 3.63) is 52.1 Å². The van der Waals surface area contributed by atoms with Crippen LogP contribution >= 0.6 is 0 Å². The molecule has 1 amide bonds. The number of carbonyl (C=O) groups is 1. The van der Waals surface area contributed by atoms with Gasteiger partial charge in [0.15, 0.2) is 11.5 Å². The molecular formula is C22H27N3O8S. The van der Waals surface area contributed by atoms with E-state index < -0.39 is 14.9 Å². The lowest BCUT2D eigenvalue weighted by molar-refractivity contribution is -0.384. The van der Waals surface area contributed by atoms with Crippen molar-refractivity contribution in [2.75, 3.05) is 37.4 Å². The first-order valence-electron chi connectivity index (χ1n) is 10.6.